The number of nitrogens with two attached hydrogens (primary N) is 1. The molecule has 17 heavy (non-hydrogen) atoms. The zero-order valence-corrected chi connectivity index (χ0v) is 10.1. The van der Waals surface area contributed by atoms with Gasteiger partial charge < -0.3 is 15.8 Å². The summed E-state index contributed by atoms with van der Waals surface area (Å²) in [6.07, 6.45) is 0. The SMILES string of the molecule is CC1(CNC(N)=NCc2ccccc2)COC1. The number of rotatable bonds is 4. The normalized spacial score (nSPS) is 18.5. The Morgan fingerprint density at radius 1 is 1.41 bits per heavy atom. The van der Waals surface area contributed by atoms with Crippen molar-refractivity contribution in [2.24, 2.45) is 16.1 Å². The van der Waals surface area contributed by atoms with Gasteiger partial charge in [-0.2, -0.15) is 0 Å². The molecule has 92 valence electrons. The molecule has 1 aromatic rings. The summed E-state index contributed by atoms with van der Waals surface area (Å²) in [5.74, 6) is 0.502. The van der Waals surface area contributed by atoms with E-state index in [0.717, 1.165) is 25.3 Å². The number of nitrogens with zero attached hydrogens (tertiary/aromatic N) is 1. The van der Waals surface area contributed by atoms with Gasteiger partial charge in [0, 0.05) is 12.0 Å². The van der Waals surface area contributed by atoms with E-state index in [9.17, 15) is 0 Å². The summed E-state index contributed by atoms with van der Waals surface area (Å²) >= 11 is 0. The molecular formula is C13H19N3O. The highest BCUT2D eigenvalue weighted by Gasteiger charge is 2.33. The molecule has 0 unspecified atom stereocenters. The summed E-state index contributed by atoms with van der Waals surface area (Å²) in [5, 5.41) is 3.14. The standard InChI is InChI=1S/C13H19N3O/c1-13(9-17-10-13)8-16-12(14)15-7-11-5-3-2-4-6-11/h2-6H,7-10H2,1H3,(H3,14,15,16). The summed E-state index contributed by atoms with van der Waals surface area (Å²) in [4.78, 5) is 4.30. The van der Waals surface area contributed by atoms with Crippen LogP contribution < -0.4 is 11.1 Å². The summed E-state index contributed by atoms with van der Waals surface area (Å²) in [6.45, 7) is 5.20. The van der Waals surface area contributed by atoms with E-state index < -0.39 is 0 Å². The fraction of sp³-hybridized carbons (Fsp3) is 0.462. The predicted octanol–water partition coefficient (Wildman–Crippen LogP) is 1.13. The van der Waals surface area contributed by atoms with Gasteiger partial charge in [0.2, 0.25) is 0 Å². The molecule has 3 N–H and O–H groups in total. The van der Waals surface area contributed by atoms with E-state index in [4.69, 9.17) is 10.5 Å². The molecule has 1 aliphatic rings. The molecule has 0 bridgehead atoms. The lowest BCUT2D eigenvalue weighted by molar-refractivity contribution is -0.0970. The van der Waals surface area contributed by atoms with Gasteiger partial charge in [0.25, 0.3) is 0 Å². The molecule has 1 fully saturated rings. The van der Waals surface area contributed by atoms with E-state index in [0.29, 0.717) is 12.5 Å². The van der Waals surface area contributed by atoms with Gasteiger partial charge in [0.15, 0.2) is 5.96 Å². The van der Waals surface area contributed by atoms with Gasteiger partial charge in [-0.05, 0) is 5.56 Å². The van der Waals surface area contributed by atoms with Gasteiger partial charge in [0.1, 0.15) is 0 Å². The van der Waals surface area contributed by atoms with Crippen molar-refractivity contribution in [1.29, 1.82) is 0 Å². The largest absolute Gasteiger partial charge is 0.380 e. The van der Waals surface area contributed by atoms with Crippen molar-refractivity contribution in [3.63, 3.8) is 0 Å². The molecule has 1 saturated heterocycles. The highest BCUT2D eigenvalue weighted by atomic mass is 16.5. The summed E-state index contributed by atoms with van der Waals surface area (Å²) < 4.78 is 5.18. The van der Waals surface area contributed by atoms with Gasteiger partial charge in [-0.3, -0.25) is 0 Å². The number of ether oxygens (including phenoxy) is 1. The van der Waals surface area contributed by atoms with Gasteiger partial charge >= 0.3 is 0 Å². The van der Waals surface area contributed by atoms with Crippen LogP contribution in [0.2, 0.25) is 0 Å². The van der Waals surface area contributed by atoms with E-state index in [1.54, 1.807) is 0 Å². The first-order valence-electron chi connectivity index (χ1n) is 5.83. The minimum absolute atomic E-state index is 0.215. The maximum atomic E-state index is 5.81. The zero-order chi connectivity index (χ0) is 12.1. The smallest absolute Gasteiger partial charge is 0.188 e. The molecule has 4 nitrogen and oxygen atoms in total. The Bertz CT molecular complexity index is 385. The van der Waals surface area contributed by atoms with Crippen LogP contribution in [0.5, 0.6) is 0 Å². The lowest BCUT2D eigenvalue weighted by Crippen LogP contribution is -2.50. The molecule has 0 spiro atoms. The van der Waals surface area contributed by atoms with Crippen LogP contribution in [0.15, 0.2) is 35.3 Å². The topological polar surface area (TPSA) is 59.6 Å². The molecule has 0 saturated carbocycles. The lowest BCUT2D eigenvalue weighted by atomic mass is 9.89. The van der Waals surface area contributed by atoms with Crippen LogP contribution in [0.4, 0.5) is 0 Å². The van der Waals surface area contributed by atoms with Crippen molar-refractivity contribution < 1.29 is 4.74 Å². The van der Waals surface area contributed by atoms with E-state index in [-0.39, 0.29) is 5.41 Å². The average Bonchev–Trinajstić information content (AvgIpc) is 2.33. The zero-order valence-electron chi connectivity index (χ0n) is 10.1. The summed E-state index contributed by atoms with van der Waals surface area (Å²) in [5.41, 5.74) is 7.18. The van der Waals surface area contributed by atoms with Gasteiger partial charge in [-0.25, -0.2) is 4.99 Å². The van der Waals surface area contributed by atoms with E-state index >= 15 is 0 Å². The molecule has 0 radical (unpaired) electrons. The highest BCUT2D eigenvalue weighted by molar-refractivity contribution is 5.77. The van der Waals surface area contributed by atoms with Crippen LogP contribution >= 0.6 is 0 Å². The Morgan fingerprint density at radius 2 is 2.12 bits per heavy atom. The fourth-order valence-corrected chi connectivity index (χ4v) is 1.67. The molecular weight excluding hydrogens is 214 g/mol. The van der Waals surface area contributed by atoms with Crippen LogP contribution in [-0.4, -0.2) is 25.7 Å². The van der Waals surface area contributed by atoms with Gasteiger partial charge in [0.05, 0.1) is 19.8 Å². The van der Waals surface area contributed by atoms with Crippen molar-refractivity contribution in [3.8, 4) is 0 Å². The highest BCUT2D eigenvalue weighted by Crippen LogP contribution is 2.24. The second-order valence-electron chi connectivity index (χ2n) is 4.84. The van der Waals surface area contributed by atoms with Crippen LogP contribution in [0.25, 0.3) is 0 Å². The van der Waals surface area contributed by atoms with E-state index in [2.05, 4.69) is 17.2 Å². The first-order chi connectivity index (χ1) is 8.18. The van der Waals surface area contributed by atoms with Gasteiger partial charge in [-0.15, -0.1) is 0 Å². The Labute approximate surface area is 102 Å². The first-order valence-corrected chi connectivity index (χ1v) is 5.83. The van der Waals surface area contributed by atoms with Crippen LogP contribution in [0, 0.1) is 5.41 Å². The quantitative estimate of drug-likeness (QED) is 0.605. The Kier molecular flexibility index (Phi) is 3.64. The average molecular weight is 233 g/mol. The molecule has 2 rings (SSSR count). The molecule has 0 aliphatic carbocycles. The molecule has 1 aliphatic heterocycles. The van der Waals surface area contributed by atoms with Crippen molar-refractivity contribution >= 4 is 5.96 Å². The minimum Gasteiger partial charge on any atom is -0.380 e. The van der Waals surface area contributed by atoms with Crippen LogP contribution in [0.3, 0.4) is 0 Å². The fourth-order valence-electron chi connectivity index (χ4n) is 1.67. The third kappa shape index (κ3) is 3.46. The minimum atomic E-state index is 0.215. The first kappa shape index (κ1) is 11.9. The third-order valence-corrected chi connectivity index (χ3v) is 2.87. The predicted molar refractivity (Wildman–Crippen MR) is 68.7 cm³/mol. The summed E-state index contributed by atoms with van der Waals surface area (Å²) in [6, 6.07) is 10.1. The maximum absolute atomic E-state index is 5.81. The third-order valence-electron chi connectivity index (χ3n) is 2.87. The second-order valence-corrected chi connectivity index (χ2v) is 4.84. The monoisotopic (exact) mass is 233 g/mol. The number of guanidine groups is 1. The number of hydrogen-bond acceptors (Lipinski definition) is 2. The van der Waals surface area contributed by atoms with Crippen LogP contribution in [0.1, 0.15) is 12.5 Å². The Balaban J connectivity index is 1.77. The number of benzene rings is 1. The molecule has 4 heteroatoms. The van der Waals surface area contributed by atoms with Crippen molar-refractivity contribution in [2.45, 2.75) is 13.5 Å². The molecule has 1 aromatic carbocycles. The maximum Gasteiger partial charge on any atom is 0.188 e. The molecule has 0 amide bonds. The summed E-state index contributed by atoms with van der Waals surface area (Å²) in [7, 11) is 0. The Hall–Kier alpha value is -1.55. The van der Waals surface area contributed by atoms with Gasteiger partial charge in [-0.1, -0.05) is 37.3 Å². The van der Waals surface area contributed by atoms with Crippen LogP contribution in [-0.2, 0) is 11.3 Å². The van der Waals surface area contributed by atoms with E-state index in [1.165, 1.54) is 0 Å². The number of nitrogens with one attached hydrogen (secondary N) is 1. The van der Waals surface area contributed by atoms with Crippen molar-refractivity contribution in [3.05, 3.63) is 35.9 Å². The number of aliphatic imine (C=N–C) groups is 1. The molecule has 0 aromatic heterocycles. The molecule has 0 atom stereocenters. The number of hydrogen-bond donors (Lipinski definition) is 2. The van der Waals surface area contributed by atoms with Crippen molar-refractivity contribution in [2.75, 3.05) is 19.8 Å². The Morgan fingerprint density at radius 3 is 2.71 bits per heavy atom. The second kappa shape index (κ2) is 5.19. The molecule has 1 heterocycles. The lowest BCUT2D eigenvalue weighted by Gasteiger charge is -2.38. The van der Waals surface area contributed by atoms with Crippen molar-refractivity contribution in [1.82, 2.24) is 5.32 Å². The van der Waals surface area contributed by atoms with E-state index in [1.807, 2.05) is 30.3 Å².